The van der Waals surface area contributed by atoms with Gasteiger partial charge in [0.2, 0.25) is 0 Å². The molecular formula is C8H13N3O2S. The number of esters is 1. The molecule has 0 fully saturated rings. The lowest BCUT2D eigenvalue weighted by molar-refractivity contribution is -0.143. The van der Waals surface area contributed by atoms with E-state index in [-0.39, 0.29) is 12.5 Å². The maximum Gasteiger partial charge on any atom is 0.327 e. The van der Waals surface area contributed by atoms with Gasteiger partial charge >= 0.3 is 5.97 Å². The van der Waals surface area contributed by atoms with E-state index in [9.17, 15) is 4.79 Å². The van der Waals surface area contributed by atoms with Gasteiger partial charge in [0.05, 0.1) is 11.9 Å². The summed E-state index contributed by atoms with van der Waals surface area (Å²) in [5.74, 6) is 0.523. The summed E-state index contributed by atoms with van der Waals surface area (Å²) < 4.78 is 6.39. The molecule has 1 aromatic rings. The van der Waals surface area contributed by atoms with Gasteiger partial charge in [-0.15, -0.1) is 0 Å². The minimum Gasteiger partial charge on any atom is -0.463 e. The highest BCUT2D eigenvalue weighted by Gasteiger charge is 2.04. The molecule has 0 saturated carbocycles. The van der Waals surface area contributed by atoms with Gasteiger partial charge in [-0.05, 0) is 6.26 Å². The number of carbonyl (C=O) groups is 1. The normalized spacial score (nSPS) is 10.1. The number of anilines is 1. The van der Waals surface area contributed by atoms with Crippen LogP contribution in [0.25, 0.3) is 0 Å². The number of nitrogens with two attached hydrogens (primary N) is 1. The lowest BCUT2D eigenvalue weighted by Crippen LogP contribution is -2.15. The van der Waals surface area contributed by atoms with Crippen LogP contribution < -0.4 is 5.73 Å². The van der Waals surface area contributed by atoms with Crippen molar-refractivity contribution >= 4 is 23.4 Å². The summed E-state index contributed by atoms with van der Waals surface area (Å²) in [4.78, 5) is 11.2. The van der Waals surface area contributed by atoms with E-state index in [0.29, 0.717) is 12.3 Å². The van der Waals surface area contributed by atoms with Gasteiger partial charge in [-0.25, -0.2) is 0 Å². The molecule has 5 nitrogen and oxygen atoms in total. The Hall–Kier alpha value is -1.17. The first-order valence-corrected chi connectivity index (χ1v) is 5.54. The average molecular weight is 215 g/mol. The van der Waals surface area contributed by atoms with Gasteiger partial charge in [-0.3, -0.25) is 9.48 Å². The van der Waals surface area contributed by atoms with E-state index in [2.05, 4.69) is 5.10 Å². The number of nitrogen functional groups attached to an aromatic ring is 1. The Morgan fingerprint density at radius 1 is 1.79 bits per heavy atom. The molecule has 0 aliphatic rings. The standard InChI is InChI=1S/C8H13N3O2S/c1-14-3-2-13-8(12)6-11-5-7(9)4-10-11/h4-5H,2-3,6,9H2,1H3. The summed E-state index contributed by atoms with van der Waals surface area (Å²) in [6.07, 6.45) is 5.05. The van der Waals surface area contributed by atoms with Crippen molar-refractivity contribution in [3.63, 3.8) is 0 Å². The third-order valence-electron chi connectivity index (χ3n) is 1.49. The molecule has 0 aliphatic carbocycles. The number of thioether (sulfide) groups is 1. The van der Waals surface area contributed by atoms with E-state index < -0.39 is 0 Å². The zero-order valence-corrected chi connectivity index (χ0v) is 8.79. The van der Waals surface area contributed by atoms with Gasteiger partial charge in [0.1, 0.15) is 13.2 Å². The SMILES string of the molecule is CSCCOC(=O)Cn1cc(N)cn1. The lowest BCUT2D eigenvalue weighted by atomic mass is 10.6. The van der Waals surface area contributed by atoms with E-state index in [1.165, 1.54) is 10.9 Å². The van der Waals surface area contributed by atoms with Crippen molar-refractivity contribution in [1.82, 2.24) is 9.78 Å². The summed E-state index contributed by atoms with van der Waals surface area (Å²) in [6.45, 7) is 0.558. The fourth-order valence-corrected chi connectivity index (χ4v) is 1.13. The summed E-state index contributed by atoms with van der Waals surface area (Å²) in [7, 11) is 0. The van der Waals surface area contributed by atoms with Gasteiger partial charge in [-0.1, -0.05) is 0 Å². The fraction of sp³-hybridized carbons (Fsp3) is 0.500. The molecule has 14 heavy (non-hydrogen) atoms. The number of nitrogens with zero attached hydrogens (tertiary/aromatic N) is 2. The Kier molecular flexibility index (Phi) is 4.31. The zero-order valence-electron chi connectivity index (χ0n) is 7.97. The van der Waals surface area contributed by atoms with Gasteiger partial charge in [0.15, 0.2) is 0 Å². The molecule has 0 radical (unpaired) electrons. The van der Waals surface area contributed by atoms with Crippen LogP contribution in [0.1, 0.15) is 0 Å². The fourth-order valence-electron chi connectivity index (χ4n) is 0.883. The van der Waals surface area contributed by atoms with Crippen LogP contribution in [0.5, 0.6) is 0 Å². The second-order valence-electron chi connectivity index (χ2n) is 2.68. The maximum atomic E-state index is 11.2. The Bertz CT molecular complexity index is 301. The molecule has 0 aliphatic heterocycles. The van der Waals surface area contributed by atoms with Crippen molar-refractivity contribution < 1.29 is 9.53 Å². The largest absolute Gasteiger partial charge is 0.463 e. The van der Waals surface area contributed by atoms with Crippen molar-refractivity contribution in [2.45, 2.75) is 6.54 Å². The molecule has 0 aromatic carbocycles. The highest BCUT2D eigenvalue weighted by Crippen LogP contribution is 1.98. The monoisotopic (exact) mass is 215 g/mol. The van der Waals surface area contributed by atoms with Crippen molar-refractivity contribution in [2.75, 3.05) is 24.3 Å². The van der Waals surface area contributed by atoms with E-state index in [1.54, 1.807) is 18.0 Å². The van der Waals surface area contributed by atoms with Crippen LogP contribution >= 0.6 is 11.8 Å². The predicted molar refractivity (Wildman–Crippen MR) is 56.0 cm³/mol. The molecule has 0 amide bonds. The number of rotatable bonds is 5. The minimum atomic E-state index is -0.290. The molecule has 2 N–H and O–H groups in total. The number of aromatic nitrogens is 2. The Morgan fingerprint density at radius 2 is 2.57 bits per heavy atom. The molecule has 0 spiro atoms. The van der Waals surface area contributed by atoms with Crippen LogP contribution in [0.4, 0.5) is 5.69 Å². The summed E-state index contributed by atoms with van der Waals surface area (Å²) >= 11 is 1.63. The van der Waals surface area contributed by atoms with E-state index in [0.717, 1.165) is 5.75 Å². The summed E-state index contributed by atoms with van der Waals surface area (Å²) in [5, 5.41) is 3.87. The molecule has 0 bridgehead atoms. The van der Waals surface area contributed by atoms with Crippen molar-refractivity contribution in [3.8, 4) is 0 Å². The number of ether oxygens (including phenoxy) is 1. The Labute approximate surface area is 86.6 Å². The van der Waals surface area contributed by atoms with Crippen LogP contribution in [0, 0.1) is 0 Å². The van der Waals surface area contributed by atoms with Crippen LogP contribution in [0.15, 0.2) is 12.4 Å². The van der Waals surface area contributed by atoms with Crippen LogP contribution in [0.2, 0.25) is 0 Å². The molecule has 0 atom stereocenters. The summed E-state index contributed by atoms with van der Waals surface area (Å²) in [5.41, 5.74) is 5.98. The predicted octanol–water partition coefficient (Wildman–Crippen LogP) is 0.371. The second-order valence-corrected chi connectivity index (χ2v) is 3.67. The molecular weight excluding hydrogens is 202 g/mol. The molecule has 1 rings (SSSR count). The topological polar surface area (TPSA) is 70.1 Å². The number of carbonyl (C=O) groups excluding carboxylic acids is 1. The molecule has 0 unspecified atom stereocenters. The second kappa shape index (κ2) is 5.54. The first-order chi connectivity index (χ1) is 6.72. The number of hydrogen-bond donors (Lipinski definition) is 1. The first-order valence-electron chi connectivity index (χ1n) is 4.15. The van der Waals surface area contributed by atoms with Crippen molar-refractivity contribution in [1.29, 1.82) is 0 Å². The zero-order chi connectivity index (χ0) is 10.4. The van der Waals surface area contributed by atoms with Gasteiger partial charge in [0.25, 0.3) is 0 Å². The smallest absolute Gasteiger partial charge is 0.327 e. The van der Waals surface area contributed by atoms with E-state index >= 15 is 0 Å². The van der Waals surface area contributed by atoms with E-state index in [4.69, 9.17) is 10.5 Å². The Balaban J connectivity index is 2.27. The highest BCUT2D eigenvalue weighted by atomic mass is 32.2. The summed E-state index contributed by atoms with van der Waals surface area (Å²) in [6, 6.07) is 0. The van der Waals surface area contributed by atoms with Gasteiger partial charge in [0, 0.05) is 11.9 Å². The molecule has 1 aromatic heterocycles. The molecule has 6 heteroatoms. The maximum absolute atomic E-state index is 11.2. The van der Waals surface area contributed by atoms with Gasteiger partial charge < -0.3 is 10.5 Å². The third-order valence-corrected chi connectivity index (χ3v) is 2.07. The highest BCUT2D eigenvalue weighted by molar-refractivity contribution is 7.98. The molecule has 0 saturated heterocycles. The molecule has 1 heterocycles. The van der Waals surface area contributed by atoms with Crippen molar-refractivity contribution in [3.05, 3.63) is 12.4 Å². The lowest BCUT2D eigenvalue weighted by Gasteiger charge is -2.03. The molecule has 78 valence electrons. The third kappa shape index (κ3) is 3.69. The average Bonchev–Trinajstić information content (AvgIpc) is 2.52. The first kappa shape index (κ1) is 10.9. The van der Waals surface area contributed by atoms with Crippen molar-refractivity contribution in [2.24, 2.45) is 0 Å². The van der Waals surface area contributed by atoms with Gasteiger partial charge in [-0.2, -0.15) is 16.9 Å². The number of hydrogen-bond acceptors (Lipinski definition) is 5. The minimum absolute atomic E-state index is 0.117. The van der Waals surface area contributed by atoms with Crippen LogP contribution in [-0.2, 0) is 16.1 Å². The Morgan fingerprint density at radius 3 is 3.14 bits per heavy atom. The van der Waals surface area contributed by atoms with Crippen LogP contribution in [0.3, 0.4) is 0 Å². The van der Waals surface area contributed by atoms with E-state index in [1.807, 2.05) is 6.26 Å². The van der Waals surface area contributed by atoms with Crippen LogP contribution in [-0.4, -0.2) is 34.4 Å². The quantitative estimate of drug-likeness (QED) is 0.567.